The van der Waals surface area contributed by atoms with E-state index >= 15 is 0 Å². The number of rotatable bonds is 4. The third kappa shape index (κ3) is 4.91. The zero-order valence-corrected chi connectivity index (χ0v) is 18.0. The average Bonchev–Trinajstić information content (AvgIpc) is 2.80. The Kier molecular flexibility index (Phi) is 6.28. The summed E-state index contributed by atoms with van der Waals surface area (Å²) in [6, 6.07) is 16.3. The summed E-state index contributed by atoms with van der Waals surface area (Å²) in [5.74, 6) is 0.708. The lowest BCUT2D eigenvalue weighted by Crippen LogP contribution is -2.38. The molecule has 1 fully saturated rings. The van der Waals surface area contributed by atoms with Crippen LogP contribution in [0.5, 0.6) is 0 Å². The van der Waals surface area contributed by atoms with Gasteiger partial charge in [0.1, 0.15) is 5.82 Å². The van der Waals surface area contributed by atoms with Gasteiger partial charge in [-0.05, 0) is 56.2 Å². The Morgan fingerprint density at radius 2 is 1.71 bits per heavy atom. The van der Waals surface area contributed by atoms with Crippen LogP contribution in [0.25, 0.3) is 0 Å². The van der Waals surface area contributed by atoms with Crippen LogP contribution in [-0.2, 0) is 0 Å². The lowest BCUT2D eigenvalue weighted by atomic mass is 9.95. The van der Waals surface area contributed by atoms with Crippen molar-refractivity contribution in [2.75, 3.05) is 18.4 Å². The first-order valence-corrected chi connectivity index (χ1v) is 10.6. The Hall–Kier alpha value is -3.25. The van der Waals surface area contributed by atoms with E-state index in [-0.39, 0.29) is 17.7 Å². The third-order valence-corrected chi connectivity index (χ3v) is 5.76. The topological polar surface area (TPSA) is 75.2 Å². The summed E-state index contributed by atoms with van der Waals surface area (Å²) >= 11 is 5.88. The minimum atomic E-state index is -0.255. The van der Waals surface area contributed by atoms with Gasteiger partial charge in [0.05, 0.1) is 11.3 Å². The van der Waals surface area contributed by atoms with Crippen LogP contribution in [0.15, 0.2) is 60.8 Å². The molecule has 2 heterocycles. The Morgan fingerprint density at radius 3 is 2.35 bits per heavy atom. The number of likely N-dealkylation sites (tertiary alicyclic amines) is 1. The van der Waals surface area contributed by atoms with Gasteiger partial charge >= 0.3 is 0 Å². The molecule has 0 spiro atoms. The van der Waals surface area contributed by atoms with Crippen molar-refractivity contribution in [1.82, 2.24) is 14.9 Å². The summed E-state index contributed by atoms with van der Waals surface area (Å²) in [6.45, 7) is 3.15. The second kappa shape index (κ2) is 9.27. The fourth-order valence-electron chi connectivity index (χ4n) is 3.74. The van der Waals surface area contributed by atoms with Crippen molar-refractivity contribution < 1.29 is 9.59 Å². The van der Waals surface area contributed by atoms with Crippen molar-refractivity contribution in [1.29, 1.82) is 0 Å². The second-order valence-electron chi connectivity index (χ2n) is 7.62. The summed E-state index contributed by atoms with van der Waals surface area (Å²) in [7, 11) is 0. The molecule has 1 N–H and O–H groups in total. The third-order valence-electron chi connectivity index (χ3n) is 5.51. The van der Waals surface area contributed by atoms with Gasteiger partial charge in [0.2, 0.25) is 0 Å². The van der Waals surface area contributed by atoms with Gasteiger partial charge in [-0.25, -0.2) is 9.97 Å². The molecule has 1 aliphatic heterocycles. The molecule has 7 heteroatoms. The predicted molar refractivity (Wildman–Crippen MR) is 120 cm³/mol. The molecule has 2 aromatic carbocycles. The Labute approximate surface area is 186 Å². The van der Waals surface area contributed by atoms with Gasteiger partial charge in [0.25, 0.3) is 11.8 Å². The van der Waals surface area contributed by atoms with E-state index in [2.05, 4.69) is 15.3 Å². The van der Waals surface area contributed by atoms with Crippen LogP contribution >= 0.6 is 11.6 Å². The molecule has 3 aromatic rings. The number of amides is 2. The maximum Gasteiger partial charge on any atom is 0.259 e. The molecule has 4 rings (SSSR count). The number of nitrogens with zero attached hydrogens (tertiary/aromatic N) is 3. The number of hydrogen-bond donors (Lipinski definition) is 1. The van der Waals surface area contributed by atoms with Crippen LogP contribution in [0.3, 0.4) is 0 Å². The number of hydrogen-bond acceptors (Lipinski definition) is 4. The molecular formula is C24H23ClN4O2. The van der Waals surface area contributed by atoms with E-state index in [1.165, 1.54) is 0 Å². The Balaban J connectivity index is 1.39. The molecule has 158 valence electrons. The van der Waals surface area contributed by atoms with Crippen LogP contribution in [0.2, 0.25) is 5.02 Å². The summed E-state index contributed by atoms with van der Waals surface area (Å²) in [4.78, 5) is 36.2. The number of piperidine rings is 1. The zero-order chi connectivity index (χ0) is 21.8. The van der Waals surface area contributed by atoms with Crippen molar-refractivity contribution in [2.24, 2.45) is 0 Å². The highest BCUT2D eigenvalue weighted by Crippen LogP contribution is 2.27. The largest absolute Gasteiger partial charge is 0.339 e. The van der Waals surface area contributed by atoms with E-state index < -0.39 is 0 Å². The van der Waals surface area contributed by atoms with Crippen LogP contribution in [0, 0.1) is 6.92 Å². The number of benzene rings is 2. The minimum absolute atomic E-state index is 0.0605. The summed E-state index contributed by atoms with van der Waals surface area (Å²) in [6.07, 6.45) is 3.19. The van der Waals surface area contributed by atoms with Gasteiger partial charge in [-0.15, -0.1) is 0 Å². The van der Waals surface area contributed by atoms with Gasteiger partial charge in [0, 0.05) is 41.5 Å². The highest BCUT2D eigenvalue weighted by molar-refractivity contribution is 6.30. The number of carbonyl (C=O) groups is 2. The van der Waals surface area contributed by atoms with Crippen molar-refractivity contribution in [2.45, 2.75) is 25.7 Å². The first-order valence-electron chi connectivity index (χ1n) is 10.3. The smallest absolute Gasteiger partial charge is 0.259 e. The minimum Gasteiger partial charge on any atom is -0.339 e. The molecule has 0 unspecified atom stereocenters. The molecule has 1 aliphatic rings. The molecule has 1 aromatic heterocycles. The fraction of sp³-hybridized carbons (Fsp3) is 0.250. The number of nitrogens with one attached hydrogen (secondary N) is 1. The Bertz CT molecular complexity index is 1080. The molecule has 0 bridgehead atoms. The normalized spacial score (nSPS) is 14.3. The van der Waals surface area contributed by atoms with Gasteiger partial charge in [-0.1, -0.05) is 29.8 Å². The lowest BCUT2D eigenvalue weighted by Gasteiger charge is -2.31. The van der Waals surface area contributed by atoms with Gasteiger partial charge in [0.15, 0.2) is 0 Å². The van der Waals surface area contributed by atoms with Gasteiger partial charge in [-0.3, -0.25) is 9.59 Å². The molecule has 0 aliphatic carbocycles. The number of aromatic nitrogens is 2. The van der Waals surface area contributed by atoms with Gasteiger partial charge < -0.3 is 10.2 Å². The maximum atomic E-state index is 12.6. The monoisotopic (exact) mass is 434 g/mol. The van der Waals surface area contributed by atoms with Gasteiger partial charge in [-0.2, -0.15) is 0 Å². The molecule has 6 nitrogen and oxygen atoms in total. The standard InChI is InChI=1S/C24H23ClN4O2/c1-16-21(23(30)28-20-9-7-19(25)8-10-20)15-26-22(27-16)17-11-13-29(14-12-17)24(31)18-5-3-2-4-6-18/h2-10,15,17H,11-14H2,1H3,(H,28,30). The Morgan fingerprint density at radius 1 is 1.03 bits per heavy atom. The first-order chi connectivity index (χ1) is 15.0. The first kappa shape index (κ1) is 21.0. The van der Waals surface area contributed by atoms with E-state index in [0.717, 1.165) is 18.7 Å². The van der Waals surface area contributed by atoms with E-state index in [4.69, 9.17) is 11.6 Å². The lowest BCUT2D eigenvalue weighted by molar-refractivity contribution is 0.0710. The molecular weight excluding hydrogens is 412 g/mol. The number of carbonyl (C=O) groups excluding carboxylic acids is 2. The maximum absolute atomic E-state index is 12.6. The van der Waals surface area contributed by atoms with Crippen molar-refractivity contribution >= 4 is 29.1 Å². The van der Waals surface area contributed by atoms with Crippen molar-refractivity contribution in [3.05, 3.63) is 88.5 Å². The van der Waals surface area contributed by atoms with E-state index in [1.807, 2.05) is 42.2 Å². The summed E-state index contributed by atoms with van der Waals surface area (Å²) in [5, 5.41) is 3.45. The van der Waals surface area contributed by atoms with Crippen molar-refractivity contribution in [3.8, 4) is 0 Å². The number of halogens is 1. The second-order valence-corrected chi connectivity index (χ2v) is 8.06. The molecule has 1 saturated heterocycles. The quantitative estimate of drug-likeness (QED) is 0.645. The summed E-state index contributed by atoms with van der Waals surface area (Å²) in [5.41, 5.74) is 2.45. The van der Waals surface area contributed by atoms with Crippen molar-refractivity contribution in [3.63, 3.8) is 0 Å². The van der Waals surface area contributed by atoms with Crippen LogP contribution in [0.1, 0.15) is 51.0 Å². The number of anilines is 1. The molecule has 0 saturated carbocycles. The SMILES string of the molecule is Cc1nc(C2CCN(C(=O)c3ccccc3)CC2)ncc1C(=O)Nc1ccc(Cl)cc1. The summed E-state index contributed by atoms with van der Waals surface area (Å²) < 4.78 is 0. The molecule has 31 heavy (non-hydrogen) atoms. The highest BCUT2D eigenvalue weighted by Gasteiger charge is 2.26. The molecule has 0 radical (unpaired) electrons. The van der Waals surface area contributed by atoms with E-state index in [9.17, 15) is 9.59 Å². The fourth-order valence-corrected chi connectivity index (χ4v) is 3.87. The average molecular weight is 435 g/mol. The molecule has 2 amide bonds. The van der Waals surface area contributed by atoms with Crippen LogP contribution < -0.4 is 5.32 Å². The van der Waals surface area contributed by atoms with E-state index in [1.54, 1.807) is 30.5 Å². The van der Waals surface area contributed by atoms with Crippen LogP contribution in [-0.4, -0.2) is 39.8 Å². The number of aryl methyl sites for hydroxylation is 1. The molecule has 0 atom stereocenters. The highest BCUT2D eigenvalue weighted by atomic mass is 35.5. The van der Waals surface area contributed by atoms with Crippen LogP contribution in [0.4, 0.5) is 5.69 Å². The zero-order valence-electron chi connectivity index (χ0n) is 17.2. The predicted octanol–water partition coefficient (Wildman–Crippen LogP) is 4.71. The van der Waals surface area contributed by atoms with E-state index in [0.29, 0.717) is 40.6 Å².